The molecule has 0 bridgehead atoms. The lowest BCUT2D eigenvalue weighted by Gasteiger charge is -2.21. The van der Waals surface area contributed by atoms with E-state index < -0.39 is 0 Å². The lowest BCUT2D eigenvalue weighted by atomic mass is 10.0. The smallest absolute Gasteiger partial charge is 0.305 e. The van der Waals surface area contributed by atoms with Crippen LogP contribution in [0.1, 0.15) is 24.4 Å². The van der Waals surface area contributed by atoms with E-state index in [0.717, 1.165) is 5.56 Å². The number of hydrogen-bond donors (Lipinski definition) is 1. The second kappa shape index (κ2) is 6.12. The highest BCUT2D eigenvalue weighted by Gasteiger charge is 2.19. The van der Waals surface area contributed by atoms with Crippen molar-refractivity contribution in [3.05, 3.63) is 22.7 Å². The third kappa shape index (κ3) is 3.30. The normalized spacial score (nSPS) is 14.9. The summed E-state index contributed by atoms with van der Waals surface area (Å²) in [6.45, 7) is 1.02. The molecule has 1 aliphatic rings. The number of ether oxygens (including phenoxy) is 3. The van der Waals surface area contributed by atoms with E-state index in [4.69, 9.17) is 26.8 Å². The quantitative estimate of drug-likeness (QED) is 0.858. The highest BCUT2D eigenvalue weighted by molar-refractivity contribution is 6.31. The zero-order chi connectivity index (χ0) is 13.8. The Morgan fingerprint density at radius 2 is 2.05 bits per heavy atom. The molecule has 2 N–H and O–H groups in total. The van der Waals surface area contributed by atoms with Gasteiger partial charge < -0.3 is 19.9 Å². The molecule has 0 amide bonds. The molecule has 1 aromatic rings. The van der Waals surface area contributed by atoms with Gasteiger partial charge in [-0.15, -0.1) is 0 Å². The maximum atomic E-state index is 11.1. The van der Waals surface area contributed by atoms with Crippen molar-refractivity contribution in [3.63, 3.8) is 0 Å². The van der Waals surface area contributed by atoms with Crippen molar-refractivity contribution in [2.24, 2.45) is 5.73 Å². The van der Waals surface area contributed by atoms with E-state index in [-0.39, 0.29) is 18.4 Å². The summed E-state index contributed by atoms with van der Waals surface area (Å²) in [7, 11) is 1.35. The van der Waals surface area contributed by atoms with Gasteiger partial charge in [0.15, 0.2) is 11.5 Å². The molecule has 1 unspecified atom stereocenters. The van der Waals surface area contributed by atoms with Crippen molar-refractivity contribution in [2.75, 3.05) is 20.3 Å². The number of carbonyl (C=O) groups is 1. The summed E-state index contributed by atoms with van der Waals surface area (Å²) in [6.07, 6.45) is 0.717. The van der Waals surface area contributed by atoms with Crippen LogP contribution in [-0.2, 0) is 9.53 Å². The van der Waals surface area contributed by atoms with Gasteiger partial charge in [0.1, 0.15) is 13.2 Å². The topological polar surface area (TPSA) is 70.8 Å². The number of rotatable bonds is 4. The number of esters is 1. The summed E-state index contributed by atoms with van der Waals surface area (Å²) in [6, 6.07) is 3.13. The van der Waals surface area contributed by atoms with E-state index in [1.54, 1.807) is 12.1 Å². The van der Waals surface area contributed by atoms with Crippen LogP contribution in [0.15, 0.2) is 12.1 Å². The average molecular weight is 286 g/mol. The fourth-order valence-electron chi connectivity index (χ4n) is 1.89. The number of fused-ring (bicyclic) bond motifs is 1. The zero-order valence-corrected chi connectivity index (χ0v) is 11.4. The Hall–Kier alpha value is -1.46. The number of methoxy groups -OCH3 is 1. The molecule has 6 heteroatoms. The van der Waals surface area contributed by atoms with Gasteiger partial charge in [-0.1, -0.05) is 11.6 Å². The van der Waals surface area contributed by atoms with E-state index >= 15 is 0 Å². The first-order valence-electron chi connectivity index (χ1n) is 6.03. The van der Waals surface area contributed by atoms with Crippen molar-refractivity contribution in [2.45, 2.75) is 18.9 Å². The van der Waals surface area contributed by atoms with Gasteiger partial charge in [0.25, 0.3) is 0 Å². The molecule has 0 saturated heterocycles. The van der Waals surface area contributed by atoms with Crippen molar-refractivity contribution in [3.8, 4) is 11.5 Å². The fraction of sp³-hybridized carbons (Fsp3) is 0.462. The molecular formula is C13H16ClNO4. The predicted octanol–water partition coefficient (Wildman–Crippen LogP) is 2.06. The van der Waals surface area contributed by atoms with Crippen LogP contribution in [0.4, 0.5) is 0 Å². The first-order chi connectivity index (χ1) is 9.11. The molecule has 0 aliphatic carbocycles. The van der Waals surface area contributed by atoms with Gasteiger partial charge >= 0.3 is 5.97 Å². The van der Waals surface area contributed by atoms with Crippen molar-refractivity contribution in [1.29, 1.82) is 0 Å². The predicted molar refractivity (Wildman–Crippen MR) is 70.6 cm³/mol. The number of halogens is 1. The van der Waals surface area contributed by atoms with Crippen molar-refractivity contribution < 1.29 is 19.0 Å². The van der Waals surface area contributed by atoms with Gasteiger partial charge in [-0.2, -0.15) is 0 Å². The summed E-state index contributed by atoms with van der Waals surface area (Å²) >= 11 is 6.17. The second-order valence-corrected chi connectivity index (χ2v) is 4.65. The molecular weight excluding hydrogens is 270 g/mol. The van der Waals surface area contributed by atoms with Gasteiger partial charge in [-0.25, -0.2) is 0 Å². The van der Waals surface area contributed by atoms with Gasteiger partial charge in [-0.05, 0) is 18.1 Å². The maximum Gasteiger partial charge on any atom is 0.305 e. The first kappa shape index (κ1) is 14.0. The average Bonchev–Trinajstić information content (AvgIpc) is 2.43. The largest absolute Gasteiger partial charge is 0.486 e. The molecule has 5 nitrogen and oxygen atoms in total. The molecule has 1 heterocycles. The minimum absolute atomic E-state index is 0.252. The molecule has 0 aromatic heterocycles. The lowest BCUT2D eigenvalue weighted by molar-refractivity contribution is -0.140. The molecule has 1 atom stereocenters. The van der Waals surface area contributed by atoms with Crippen LogP contribution in [-0.4, -0.2) is 26.3 Å². The molecule has 1 aliphatic heterocycles. The minimum atomic E-state index is -0.345. The monoisotopic (exact) mass is 285 g/mol. The van der Waals surface area contributed by atoms with Crippen LogP contribution in [0.25, 0.3) is 0 Å². The number of benzene rings is 1. The van der Waals surface area contributed by atoms with Gasteiger partial charge in [0.2, 0.25) is 0 Å². The fourth-order valence-corrected chi connectivity index (χ4v) is 2.19. The molecule has 1 aromatic carbocycles. The Kier molecular flexibility index (Phi) is 4.50. The number of carbonyl (C=O) groups excluding carboxylic acids is 1. The first-order valence-corrected chi connectivity index (χ1v) is 6.41. The Labute approximate surface area is 116 Å². The van der Waals surface area contributed by atoms with Gasteiger partial charge in [0, 0.05) is 23.6 Å². The van der Waals surface area contributed by atoms with E-state index in [1.165, 1.54) is 7.11 Å². The standard InChI is InChI=1S/C13H16ClNO4/c1-17-13(16)3-2-10(15)8-6-11-12(7-9(8)14)19-5-4-18-11/h6-7,10H,2-5,15H2,1H3. The highest BCUT2D eigenvalue weighted by atomic mass is 35.5. The van der Waals surface area contributed by atoms with Crippen LogP contribution in [0.5, 0.6) is 11.5 Å². The molecule has 0 spiro atoms. The number of hydrogen-bond acceptors (Lipinski definition) is 5. The van der Waals surface area contributed by atoms with E-state index in [9.17, 15) is 4.79 Å². The summed E-state index contributed by atoms with van der Waals surface area (Å²) in [5.74, 6) is 0.975. The SMILES string of the molecule is COC(=O)CCC(N)c1cc2c(cc1Cl)OCCO2. The van der Waals surface area contributed by atoms with Crippen LogP contribution in [0, 0.1) is 0 Å². The van der Waals surface area contributed by atoms with Crippen LogP contribution < -0.4 is 15.2 Å². The van der Waals surface area contributed by atoms with Crippen LogP contribution in [0.3, 0.4) is 0 Å². The molecule has 0 fully saturated rings. The molecule has 104 valence electrons. The Bertz CT molecular complexity index is 478. The molecule has 19 heavy (non-hydrogen) atoms. The van der Waals surface area contributed by atoms with E-state index in [1.807, 2.05) is 0 Å². The third-order valence-corrected chi connectivity index (χ3v) is 3.28. The highest BCUT2D eigenvalue weighted by Crippen LogP contribution is 2.37. The Morgan fingerprint density at radius 3 is 2.68 bits per heavy atom. The van der Waals surface area contributed by atoms with Crippen LogP contribution >= 0.6 is 11.6 Å². The van der Waals surface area contributed by atoms with Gasteiger partial charge in [0.05, 0.1) is 7.11 Å². The lowest BCUT2D eigenvalue weighted by Crippen LogP contribution is -2.17. The molecule has 0 radical (unpaired) electrons. The summed E-state index contributed by atoms with van der Waals surface area (Å²) in [4.78, 5) is 11.1. The third-order valence-electron chi connectivity index (χ3n) is 2.95. The summed E-state index contributed by atoms with van der Waals surface area (Å²) < 4.78 is 15.5. The van der Waals surface area contributed by atoms with Crippen molar-refractivity contribution in [1.82, 2.24) is 0 Å². The Morgan fingerprint density at radius 1 is 1.42 bits per heavy atom. The minimum Gasteiger partial charge on any atom is -0.486 e. The number of nitrogens with two attached hydrogens (primary N) is 1. The van der Waals surface area contributed by atoms with Gasteiger partial charge in [-0.3, -0.25) is 4.79 Å². The van der Waals surface area contributed by atoms with E-state index in [2.05, 4.69) is 4.74 Å². The Balaban J connectivity index is 2.12. The van der Waals surface area contributed by atoms with Crippen LogP contribution in [0.2, 0.25) is 5.02 Å². The van der Waals surface area contributed by atoms with E-state index in [0.29, 0.717) is 36.2 Å². The summed E-state index contributed by atoms with van der Waals surface area (Å²) in [5, 5.41) is 0.515. The molecule has 0 saturated carbocycles. The maximum absolute atomic E-state index is 11.1. The second-order valence-electron chi connectivity index (χ2n) is 4.24. The molecule has 2 rings (SSSR count). The zero-order valence-electron chi connectivity index (χ0n) is 10.6. The van der Waals surface area contributed by atoms with Crippen molar-refractivity contribution >= 4 is 17.6 Å². The summed E-state index contributed by atoms with van der Waals surface area (Å²) in [5.41, 5.74) is 6.79.